The number of rotatable bonds is 3. The van der Waals surface area contributed by atoms with E-state index in [1.165, 1.54) is 0 Å². The molecule has 0 saturated heterocycles. The Hall–Kier alpha value is -2.42. The lowest BCUT2D eigenvalue weighted by Crippen LogP contribution is -2.12. The summed E-state index contributed by atoms with van der Waals surface area (Å²) in [5.41, 5.74) is -0.776. The van der Waals surface area contributed by atoms with Crippen LogP contribution in [0.1, 0.15) is 16.2 Å². The molecule has 0 atom stereocenters. The number of hydrogen-bond donors (Lipinski definition) is 1. The van der Waals surface area contributed by atoms with Gasteiger partial charge in [0.25, 0.3) is 5.91 Å². The lowest BCUT2D eigenvalue weighted by atomic mass is 10.2. The number of halogens is 1. The molecule has 0 unspecified atom stereocenters. The molecule has 0 bridgehead atoms. The number of aryl methyl sites for hydroxylation is 1. The third kappa shape index (κ3) is 2.88. The highest BCUT2D eigenvalue weighted by Gasteiger charge is 2.18. The van der Waals surface area contributed by atoms with Crippen LogP contribution in [0.5, 0.6) is 0 Å². The first kappa shape index (κ1) is 13.0. The Morgan fingerprint density at radius 1 is 1.53 bits per heavy atom. The molecule has 0 spiro atoms. The Labute approximate surface area is 110 Å². The van der Waals surface area contributed by atoms with Crippen molar-refractivity contribution in [2.24, 2.45) is 0 Å². The molecule has 2 aromatic rings. The quantitative estimate of drug-likeness (QED) is 0.687. The normalized spacial score (nSPS) is 10.2. The molecule has 1 N–H and O–H groups in total. The van der Waals surface area contributed by atoms with Crippen LogP contribution >= 0.6 is 11.5 Å². The summed E-state index contributed by atoms with van der Waals surface area (Å²) in [6.45, 7) is 1.66. The van der Waals surface area contributed by atoms with E-state index >= 15 is 0 Å². The number of benzene rings is 1. The fourth-order valence-electron chi connectivity index (χ4n) is 1.31. The number of carbonyl (C=O) groups is 1. The molecule has 0 saturated carbocycles. The van der Waals surface area contributed by atoms with Crippen LogP contribution in [0.15, 0.2) is 18.2 Å². The largest absolute Gasteiger partial charge is 0.305 e. The number of hydrogen-bond acceptors (Lipinski definition) is 6. The molecule has 0 fully saturated rings. The number of nitro benzene ring substituents is 1. The predicted octanol–water partition coefficient (Wildman–Crippen LogP) is 2.15. The average molecular weight is 282 g/mol. The second-order valence-corrected chi connectivity index (χ2v) is 4.28. The van der Waals surface area contributed by atoms with Gasteiger partial charge >= 0.3 is 5.69 Å². The maximum Gasteiger partial charge on any atom is 0.305 e. The second-order valence-electron chi connectivity index (χ2n) is 3.52. The van der Waals surface area contributed by atoms with Gasteiger partial charge in [-0.05, 0) is 19.1 Å². The molecule has 1 aromatic carbocycles. The van der Waals surface area contributed by atoms with Crippen LogP contribution in [0.4, 0.5) is 15.2 Å². The number of nitrogens with zero attached hydrogens (tertiary/aromatic N) is 3. The molecule has 1 heterocycles. The Morgan fingerprint density at radius 3 is 2.84 bits per heavy atom. The number of nitrogens with one attached hydrogen (secondary N) is 1. The van der Waals surface area contributed by atoms with Crippen LogP contribution in [0.3, 0.4) is 0 Å². The minimum Gasteiger partial charge on any atom is -0.297 e. The molecule has 7 nitrogen and oxygen atoms in total. The average Bonchev–Trinajstić information content (AvgIpc) is 2.74. The highest BCUT2D eigenvalue weighted by Crippen LogP contribution is 2.19. The van der Waals surface area contributed by atoms with Gasteiger partial charge in [-0.25, -0.2) is 4.98 Å². The zero-order valence-corrected chi connectivity index (χ0v) is 10.4. The first-order valence-corrected chi connectivity index (χ1v) is 5.80. The van der Waals surface area contributed by atoms with Crippen LogP contribution in [-0.4, -0.2) is 20.2 Å². The van der Waals surface area contributed by atoms with Gasteiger partial charge < -0.3 is 0 Å². The Morgan fingerprint density at radius 2 is 2.26 bits per heavy atom. The Balaban J connectivity index is 2.24. The minimum absolute atomic E-state index is 0.0269. The van der Waals surface area contributed by atoms with E-state index in [9.17, 15) is 19.3 Å². The number of carbonyl (C=O) groups excluding carboxylic acids is 1. The van der Waals surface area contributed by atoms with Gasteiger partial charge in [0.2, 0.25) is 10.9 Å². The van der Waals surface area contributed by atoms with E-state index < -0.39 is 22.3 Å². The van der Waals surface area contributed by atoms with E-state index in [0.29, 0.717) is 5.82 Å². The highest BCUT2D eigenvalue weighted by molar-refractivity contribution is 7.09. The minimum atomic E-state index is -0.992. The van der Waals surface area contributed by atoms with E-state index in [1.807, 2.05) is 0 Å². The third-order valence-electron chi connectivity index (χ3n) is 2.15. The number of aromatic nitrogens is 2. The zero-order chi connectivity index (χ0) is 14.0. The maximum atomic E-state index is 13.1. The van der Waals surface area contributed by atoms with E-state index in [0.717, 1.165) is 29.7 Å². The van der Waals surface area contributed by atoms with Crippen molar-refractivity contribution in [2.45, 2.75) is 6.92 Å². The molecule has 0 aliphatic carbocycles. The van der Waals surface area contributed by atoms with Crippen molar-refractivity contribution in [1.82, 2.24) is 9.36 Å². The zero-order valence-electron chi connectivity index (χ0n) is 9.58. The molecule has 0 aliphatic heterocycles. The first-order valence-electron chi connectivity index (χ1n) is 5.03. The van der Waals surface area contributed by atoms with Gasteiger partial charge in [-0.3, -0.25) is 20.2 Å². The van der Waals surface area contributed by atoms with Crippen molar-refractivity contribution in [3.8, 4) is 0 Å². The standard InChI is InChI=1S/C10H7FN4O3S/c1-5-12-10(19-14-5)13-9(16)6-2-3-7(11)8(4-6)15(17)18/h2-4H,1H3,(H,12,13,14,16). The molecule has 0 aliphatic rings. The van der Waals surface area contributed by atoms with Gasteiger partial charge in [-0.2, -0.15) is 8.76 Å². The van der Waals surface area contributed by atoms with Crippen LogP contribution in [0.25, 0.3) is 0 Å². The van der Waals surface area contributed by atoms with E-state index in [1.54, 1.807) is 6.92 Å². The topological polar surface area (TPSA) is 98.0 Å². The fourth-order valence-corrected chi connectivity index (χ4v) is 1.88. The molecule has 1 aromatic heterocycles. The van der Waals surface area contributed by atoms with Gasteiger partial charge in [0.15, 0.2) is 0 Å². The summed E-state index contributed by atoms with van der Waals surface area (Å²) in [6.07, 6.45) is 0. The van der Waals surface area contributed by atoms with Crippen molar-refractivity contribution in [2.75, 3.05) is 5.32 Å². The molecule has 19 heavy (non-hydrogen) atoms. The smallest absolute Gasteiger partial charge is 0.297 e. The molecule has 9 heteroatoms. The van der Waals surface area contributed by atoms with Crippen LogP contribution in [-0.2, 0) is 0 Å². The molecular formula is C10H7FN4O3S. The van der Waals surface area contributed by atoms with Crippen molar-refractivity contribution in [3.05, 3.63) is 45.5 Å². The second kappa shape index (κ2) is 5.06. The van der Waals surface area contributed by atoms with Crippen LogP contribution < -0.4 is 5.32 Å². The molecule has 98 valence electrons. The van der Waals surface area contributed by atoms with Gasteiger partial charge in [0, 0.05) is 23.2 Å². The monoisotopic (exact) mass is 282 g/mol. The predicted molar refractivity (Wildman–Crippen MR) is 65.7 cm³/mol. The van der Waals surface area contributed by atoms with Gasteiger partial charge in [-0.15, -0.1) is 0 Å². The molecule has 0 radical (unpaired) electrons. The van der Waals surface area contributed by atoms with Crippen molar-refractivity contribution >= 4 is 28.3 Å². The maximum absolute atomic E-state index is 13.1. The summed E-state index contributed by atoms with van der Waals surface area (Å²) < 4.78 is 17.0. The number of nitro groups is 1. The van der Waals surface area contributed by atoms with Gasteiger partial charge in [-0.1, -0.05) is 0 Å². The lowest BCUT2D eigenvalue weighted by molar-refractivity contribution is -0.387. The van der Waals surface area contributed by atoms with E-state index in [-0.39, 0.29) is 10.7 Å². The number of anilines is 1. The number of amides is 1. The van der Waals surface area contributed by atoms with Crippen molar-refractivity contribution in [1.29, 1.82) is 0 Å². The lowest BCUT2D eigenvalue weighted by Gasteiger charge is -2.01. The summed E-state index contributed by atoms with van der Waals surface area (Å²) in [6, 6.07) is 2.91. The van der Waals surface area contributed by atoms with Crippen molar-refractivity contribution in [3.63, 3.8) is 0 Å². The fraction of sp³-hybridized carbons (Fsp3) is 0.100. The summed E-state index contributed by atoms with van der Waals surface area (Å²) in [5, 5.41) is 13.3. The highest BCUT2D eigenvalue weighted by atomic mass is 32.1. The Bertz CT molecular complexity index is 658. The van der Waals surface area contributed by atoms with Gasteiger partial charge in [0.05, 0.1) is 4.92 Å². The van der Waals surface area contributed by atoms with E-state index in [4.69, 9.17) is 0 Å². The molecular weight excluding hydrogens is 275 g/mol. The first-order chi connectivity index (χ1) is 8.97. The molecule has 2 rings (SSSR count). The van der Waals surface area contributed by atoms with Crippen molar-refractivity contribution < 1.29 is 14.1 Å². The van der Waals surface area contributed by atoms with E-state index in [2.05, 4.69) is 14.7 Å². The summed E-state index contributed by atoms with van der Waals surface area (Å²) in [4.78, 5) is 25.4. The summed E-state index contributed by atoms with van der Waals surface area (Å²) >= 11 is 0.985. The van der Waals surface area contributed by atoms with Gasteiger partial charge in [0.1, 0.15) is 5.82 Å². The summed E-state index contributed by atoms with van der Waals surface area (Å²) in [7, 11) is 0. The summed E-state index contributed by atoms with van der Waals surface area (Å²) in [5.74, 6) is -1.10. The molecule has 1 amide bonds. The SMILES string of the molecule is Cc1nsc(NC(=O)c2ccc(F)c([N+](=O)[O-])c2)n1. The Kier molecular flexibility index (Phi) is 3.47. The third-order valence-corrected chi connectivity index (χ3v) is 2.87. The van der Waals surface area contributed by atoms with Crippen LogP contribution in [0.2, 0.25) is 0 Å². The van der Waals surface area contributed by atoms with Crippen LogP contribution in [0, 0.1) is 22.9 Å².